The molecule has 0 fully saturated rings. The third-order valence-corrected chi connectivity index (χ3v) is 1.32. The summed E-state index contributed by atoms with van der Waals surface area (Å²) >= 11 is 0. The number of pyridine rings is 1. The Morgan fingerprint density at radius 3 is 2.75 bits per heavy atom. The smallest absolute Gasteiger partial charge is 0.358 e. The Morgan fingerprint density at radius 1 is 1.58 bits per heavy atom. The second-order valence-corrected chi connectivity index (χ2v) is 2.21. The molecule has 1 aromatic rings. The highest BCUT2D eigenvalue weighted by molar-refractivity contribution is 5.48. The average Bonchev–Trinajstić information content (AvgIpc) is 2.06. The van der Waals surface area contributed by atoms with Crippen molar-refractivity contribution in [2.75, 3.05) is 0 Å². The van der Waals surface area contributed by atoms with Crippen molar-refractivity contribution in [1.82, 2.24) is 4.98 Å². The van der Waals surface area contributed by atoms with Crippen molar-refractivity contribution in [2.45, 2.75) is 6.92 Å². The zero-order valence-corrected chi connectivity index (χ0v) is 6.60. The van der Waals surface area contributed by atoms with Crippen LogP contribution in [0, 0.1) is 10.1 Å². The molecule has 1 rings (SSSR count). The minimum Gasteiger partial charge on any atom is -0.358 e. The third-order valence-electron chi connectivity index (χ3n) is 1.32. The fourth-order valence-electron chi connectivity index (χ4n) is 0.797. The van der Waals surface area contributed by atoms with E-state index in [1.54, 1.807) is 6.07 Å². The molecule has 1 aromatic heterocycles. The molecular weight excluding hydrogens is 156 g/mol. The van der Waals surface area contributed by atoms with Crippen molar-refractivity contribution in [3.63, 3.8) is 0 Å². The average molecular weight is 164 g/mol. The van der Waals surface area contributed by atoms with Crippen molar-refractivity contribution in [3.05, 3.63) is 40.1 Å². The normalized spacial score (nSPS) is 10.4. The predicted molar refractivity (Wildman–Crippen MR) is 45.6 cm³/mol. The molecule has 4 heteroatoms. The summed E-state index contributed by atoms with van der Waals surface area (Å²) in [4.78, 5) is 13.3. The van der Waals surface area contributed by atoms with Crippen LogP contribution in [0.3, 0.4) is 0 Å². The lowest BCUT2D eigenvalue weighted by atomic mass is 10.2. The zero-order chi connectivity index (χ0) is 8.97. The molecule has 0 unspecified atom stereocenters. The first-order valence-corrected chi connectivity index (χ1v) is 3.47. The van der Waals surface area contributed by atoms with Gasteiger partial charge in [0.25, 0.3) is 0 Å². The Labute approximate surface area is 69.7 Å². The van der Waals surface area contributed by atoms with E-state index in [4.69, 9.17) is 0 Å². The van der Waals surface area contributed by atoms with E-state index < -0.39 is 4.92 Å². The van der Waals surface area contributed by atoms with Gasteiger partial charge in [-0.05, 0) is 22.9 Å². The fraction of sp³-hybridized carbons (Fsp3) is 0.125. The van der Waals surface area contributed by atoms with Gasteiger partial charge in [0.1, 0.15) is 6.20 Å². The van der Waals surface area contributed by atoms with E-state index in [0.29, 0.717) is 0 Å². The summed E-state index contributed by atoms with van der Waals surface area (Å²) in [7, 11) is 0. The van der Waals surface area contributed by atoms with Crippen molar-refractivity contribution >= 4 is 11.9 Å². The Morgan fingerprint density at radius 2 is 2.33 bits per heavy atom. The molecule has 0 N–H and O–H groups in total. The Hall–Kier alpha value is -1.71. The lowest BCUT2D eigenvalue weighted by Crippen LogP contribution is -1.90. The molecular formula is C8H8N2O2. The number of hydrogen-bond acceptors (Lipinski definition) is 3. The van der Waals surface area contributed by atoms with Crippen molar-refractivity contribution < 1.29 is 4.92 Å². The number of rotatable bonds is 2. The van der Waals surface area contributed by atoms with Crippen LogP contribution in [0.15, 0.2) is 24.4 Å². The van der Waals surface area contributed by atoms with E-state index in [1.807, 2.05) is 19.1 Å². The molecule has 0 aliphatic carbocycles. The number of nitrogens with zero attached hydrogens (tertiary/aromatic N) is 2. The van der Waals surface area contributed by atoms with E-state index >= 15 is 0 Å². The van der Waals surface area contributed by atoms with E-state index in [2.05, 4.69) is 4.98 Å². The van der Waals surface area contributed by atoms with Crippen LogP contribution in [0.4, 0.5) is 5.82 Å². The van der Waals surface area contributed by atoms with Gasteiger partial charge in [-0.3, -0.25) is 0 Å². The van der Waals surface area contributed by atoms with Crippen LogP contribution in [0.25, 0.3) is 6.08 Å². The van der Waals surface area contributed by atoms with Gasteiger partial charge in [-0.1, -0.05) is 12.2 Å². The van der Waals surface area contributed by atoms with Crippen LogP contribution in [-0.4, -0.2) is 9.91 Å². The van der Waals surface area contributed by atoms with Gasteiger partial charge in [0.05, 0.1) is 0 Å². The molecule has 1 heterocycles. The maximum atomic E-state index is 10.2. The highest BCUT2D eigenvalue weighted by Gasteiger charge is 2.03. The van der Waals surface area contributed by atoms with Crippen LogP contribution in [0.2, 0.25) is 0 Å². The highest BCUT2D eigenvalue weighted by atomic mass is 16.6. The van der Waals surface area contributed by atoms with Crippen LogP contribution in [0.5, 0.6) is 0 Å². The molecule has 0 amide bonds. The number of aromatic nitrogens is 1. The zero-order valence-electron chi connectivity index (χ0n) is 6.60. The van der Waals surface area contributed by atoms with Crippen LogP contribution in [-0.2, 0) is 0 Å². The maximum Gasteiger partial charge on any atom is 0.363 e. The fourth-order valence-corrected chi connectivity index (χ4v) is 0.797. The van der Waals surface area contributed by atoms with Gasteiger partial charge in [0.15, 0.2) is 0 Å². The van der Waals surface area contributed by atoms with Crippen molar-refractivity contribution in [2.24, 2.45) is 0 Å². The molecule has 0 aliphatic rings. The van der Waals surface area contributed by atoms with E-state index in [-0.39, 0.29) is 5.82 Å². The largest absolute Gasteiger partial charge is 0.363 e. The van der Waals surface area contributed by atoms with Gasteiger partial charge in [-0.2, -0.15) is 0 Å². The topological polar surface area (TPSA) is 56.0 Å². The van der Waals surface area contributed by atoms with Crippen LogP contribution >= 0.6 is 0 Å². The molecule has 0 aromatic carbocycles. The second-order valence-electron chi connectivity index (χ2n) is 2.21. The lowest BCUT2D eigenvalue weighted by molar-refractivity contribution is -0.389. The molecule has 0 bridgehead atoms. The Bertz CT molecular complexity index is 303. The Kier molecular flexibility index (Phi) is 2.53. The van der Waals surface area contributed by atoms with E-state index in [1.165, 1.54) is 12.3 Å². The summed E-state index contributed by atoms with van der Waals surface area (Å²) < 4.78 is 0. The van der Waals surface area contributed by atoms with Gasteiger partial charge >= 0.3 is 5.82 Å². The summed E-state index contributed by atoms with van der Waals surface area (Å²) in [6.07, 6.45) is 5.15. The minimum absolute atomic E-state index is 0.122. The summed E-state index contributed by atoms with van der Waals surface area (Å²) in [5.74, 6) is -0.122. The van der Waals surface area contributed by atoms with E-state index in [0.717, 1.165) is 5.56 Å². The molecule has 62 valence electrons. The van der Waals surface area contributed by atoms with E-state index in [9.17, 15) is 10.1 Å². The first-order chi connectivity index (χ1) is 5.74. The number of allylic oxidation sites excluding steroid dienone is 1. The quantitative estimate of drug-likeness (QED) is 0.496. The molecule has 12 heavy (non-hydrogen) atoms. The molecule has 0 aliphatic heterocycles. The molecule has 0 saturated carbocycles. The predicted octanol–water partition coefficient (Wildman–Crippen LogP) is 2.02. The van der Waals surface area contributed by atoms with Gasteiger partial charge in [0, 0.05) is 11.6 Å². The first-order valence-electron chi connectivity index (χ1n) is 3.47. The monoisotopic (exact) mass is 164 g/mol. The molecule has 0 saturated heterocycles. The van der Waals surface area contributed by atoms with Gasteiger partial charge in [-0.25, -0.2) is 0 Å². The SMILES string of the molecule is C/C=C\c1ccc([N+](=O)[O-])nc1. The standard InChI is InChI=1S/C8H8N2O2/c1-2-3-7-4-5-8(9-6-7)10(11)12/h2-6H,1H3/b3-2-. The summed E-state index contributed by atoms with van der Waals surface area (Å²) in [5.41, 5.74) is 0.864. The summed E-state index contributed by atoms with van der Waals surface area (Å²) in [6.45, 7) is 1.88. The third kappa shape index (κ3) is 1.88. The highest BCUT2D eigenvalue weighted by Crippen LogP contribution is 2.08. The first kappa shape index (κ1) is 8.39. The van der Waals surface area contributed by atoms with Gasteiger partial charge in [0.2, 0.25) is 0 Å². The number of nitro groups is 1. The van der Waals surface area contributed by atoms with Crippen molar-refractivity contribution in [3.8, 4) is 0 Å². The minimum atomic E-state index is -0.514. The molecule has 0 atom stereocenters. The number of hydrogen-bond donors (Lipinski definition) is 0. The lowest BCUT2D eigenvalue weighted by Gasteiger charge is -1.90. The van der Waals surface area contributed by atoms with Crippen LogP contribution < -0.4 is 0 Å². The van der Waals surface area contributed by atoms with Gasteiger partial charge < -0.3 is 10.1 Å². The molecule has 4 nitrogen and oxygen atoms in total. The summed E-state index contributed by atoms with van der Waals surface area (Å²) in [5, 5.41) is 10.2. The Balaban J connectivity index is 2.93. The molecule has 0 spiro atoms. The van der Waals surface area contributed by atoms with Gasteiger partial charge in [-0.15, -0.1) is 0 Å². The maximum absolute atomic E-state index is 10.2. The van der Waals surface area contributed by atoms with Crippen molar-refractivity contribution in [1.29, 1.82) is 0 Å². The molecule has 0 radical (unpaired) electrons. The summed E-state index contributed by atoms with van der Waals surface area (Å²) in [6, 6.07) is 3.04. The van der Waals surface area contributed by atoms with Crippen LogP contribution in [0.1, 0.15) is 12.5 Å². The second kappa shape index (κ2) is 3.61.